The van der Waals surface area contributed by atoms with E-state index < -0.39 is 47.2 Å². The van der Waals surface area contributed by atoms with E-state index in [9.17, 15) is 35.9 Å². The number of Topliss-reactive ketones (excluding diaryl/α,β-unsaturated/α-hetero) is 2. The Kier molecular flexibility index (Phi) is 3.78. The summed E-state index contributed by atoms with van der Waals surface area (Å²) in [7, 11) is 0. The number of rotatable bonds is 3. The van der Waals surface area contributed by atoms with E-state index >= 15 is 0 Å². The Hall–Kier alpha value is -1.86. The third-order valence-corrected chi connectivity index (χ3v) is 1.92. The van der Waals surface area contributed by atoms with E-state index in [0.29, 0.717) is 0 Å². The summed E-state index contributed by atoms with van der Waals surface area (Å²) in [5, 5.41) is 0. The van der Waals surface area contributed by atoms with E-state index in [2.05, 4.69) is 0 Å². The number of ketones is 2. The summed E-state index contributed by atoms with van der Waals surface area (Å²) in [5.74, 6) is -8.79. The molecule has 1 aromatic carbocycles. The summed E-state index contributed by atoms with van der Waals surface area (Å²) < 4.78 is 74.0. The lowest BCUT2D eigenvalue weighted by molar-refractivity contribution is -0.170. The molecule has 0 N–H and O–H groups in total. The molecule has 0 bridgehead atoms. The maximum atomic E-state index is 13.0. The highest BCUT2D eigenvalue weighted by Crippen LogP contribution is 2.21. The Morgan fingerprint density at radius 2 is 1.44 bits per heavy atom. The summed E-state index contributed by atoms with van der Waals surface area (Å²) in [5.41, 5.74) is -1.37. The van der Waals surface area contributed by atoms with E-state index in [1.165, 1.54) is 0 Å². The first-order valence-electron chi connectivity index (χ1n) is 4.40. The Balaban J connectivity index is 3.03. The molecule has 2 nitrogen and oxygen atoms in total. The van der Waals surface area contributed by atoms with Crippen LogP contribution in [0.1, 0.15) is 16.8 Å². The van der Waals surface area contributed by atoms with Crippen molar-refractivity contribution in [3.63, 3.8) is 0 Å². The third-order valence-electron chi connectivity index (χ3n) is 1.92. The quantitative estimate of drug-likeness (QED) is 0.481. The number of halogens is 6. The van der Waals surface area contributed by atoms with Gasteiger partial charge in [0.2, 0.25) is 5.78 Å². The van der Waals surface area contributed by atoms with Crippen molar-refractivity contribution in [1.29, 1.82) is 0 Å². The maximum Gasteiger partial charge on any atom is 0.450 e. The molecular weight excluding hydrogens is 266 g/mol. The molecule has 1 aromatic rings. The molecule has 0 radical (unpaired) electrons. The number of alkyl halides is 3. The first kappa shape index (κ1) is 14.2. The SMILES string of the molecule is O=C(CC(=O)C(F)(F)F)c1c(F)cc(F)cc1F. The molecule has 0 saturated carbocycles. The van der Waals surface area contributed by atoms with Crippen LogP contribution in [0.5, 0.6) is 0 Å². The minimum atomic E-state index is -5.28. The molecule has 0 atom stereocenters. The summed E-state index contributed by atoms with van der Waals surface area (Å²) in [6, 6.07) is 0.267. The molecule has 0 saturated heterocycles. The Morgan fingerprint density at radius 1 is 1.00 bits per heavy atom. The second kappa shape index (κ2) is 4.79. The number of hydrogen-bond acceptors (Lipinski definition) is 2. The van der Waals surface area contributed by atoms with Gasteiger partial charge in [-0.3, -0.25) is 9.59 Å². The highest BCUT2D eigenvalue weighted by molar-refractivity contribution is 6.09. The van der Waals surface area contributed by atoms with Gasteiger partial charge in [-0.25, -0.2) is 13.2 Å². The fraction of sp³-hybridized carbons (Fsp3) is 0.200. The molecule has 18 heavy (non-hydrogen) atoms. The van der Waals surface area contributed by atoms with Crippen molar-refractivity contribution in [3.8, 4) is 0 Å². The first-order valence-corrected chi connectivity index (χ1v) is 4.40. The number of carbonyl (C=O) groups is 2. The lowest BCUT2D eigenvalue weighted by Crippen LogP contribution is -2.26. The summed E-state index contributed by atoms with van der Waals surface area (Å²) in [4.78, 5) is 21.6. The summed E-state index contributed by atoms with van der Waals surface area (Å²) in [6.45, 7) is 0. The van der Waals surface area contributed by atoms with Crippen molar-refractivity contribution >= 4 is 11.6 Å². The van der Waals surface area contributed by atoms with Crippen molar-refractivity contribution in [2.45, 2.75) is 12.6 Å². The predicted octanol–water partition coefficient (Wildman–Crippen LogP) is 2.81. The van der Waals surface area contributed by atoms with Crippen LogP contribution in [0.15, 0.2) is 12.1 Å². The normalized spacial score (nSPS) is 11.4. The van der Waals surface area contributed by atoms with Crippen LogP contribution in [-0.2, 0) is 4.79 Å². The summed E-state index contributed by atoms with van der Waals surface area (Å²) in [6.07, 6.45) is -7.01. The molecule has 0 spiro atoms. The van der Waals surface area contributed by atoms with Crippen LogP contribution in [0.2, 0.25) is 0 Å². The zero-order chi connectivity index (χ0) is 14.1. The predicted molar refractivity (Wildman–Crippen MR) is 46.3 cm³/mol. The van der Waals surface area contributed by atoms with E-state index in [1.54, 1.807) is 0 Å². The molecule has 0 aliphatic carbocycles. The Morgan fingerprint density at radius 3 is 1.83 bits per heavy atom. The van der Waals surface area contributed by atoms with E-state index in [1.807, 2.05) is 0 Å². The monoisotopic (exact) mass is 270 g/mol. The molecule has 8 heteroatoms. The van der Waals surface area contributed by atoms with Gasteiger partial charge in [-0.2, -0.15) is 13.2 Å². The second-order valence-corrected chi connectivity index (χ2v) is 3.27. The molecule has 0 amide bonds. The van der Waals surface area contributed by atoms with Crippen LogP contribution in [0.4, 0.5) is 26.3 Å². The van der Waals surface area contributed by atoms with Gasteiger partial charge in [0, 0.05) is 12.1 Å². The largest absolute Gasteiger partial charge is 0.450 e. The standard InChI is InChI=1S/C10H4F6O2/c11-4-1-5(12)9(6(13)2-4)7(17)3-8(18)10(14,15)16/h1-2H,3H2. The number of benzene rings is 1. The van der Waals surface area contributed by atoms with Gasteiger partial charge in [-0.05, 0) is 0 Å². The van der Waals surface area contributed by atoms with Gasteiger partial charge >= 0.3 is 6.18 Å². The lowest BCUT2D eigenvalue weighted by atomic mass is 10.0. The molecule has 0 aromatic heterocycles. The molecule has 0 fully saturated rings. The Bertz CT molecular complexity index is 483. The fourth-order valence-electron chi connectivity index (χ4n) is 1.14. The van der Waals surface area contributed by atoms with Crippen LogP contribution in [0, 0.1) is 17.5 Å². The fourth-order valence-corrected chi connectivity index (χ4v) is 1.14. The van der Waals surface area contributed by atoms with Crippen molar-refractivity contribution < 1.29 is 35.9 Å². The minimum Gasteiger partial charge on any atom is -0.293 e. The van der Waals surface area contributed by atoms with Gasteiger partial charge in [-0.15, -0.1) is 0 Å². The third kappa shape index (κ3) is 3.08. The number of hydrogen-bond donors (Lipinski definition) is 0. The van der Waals surface area contributed by atoms with Crippen LogP contribution in [0.3, 0.4) is 0 Å². The smallest absolute Gasteiger partial charge is 0.293 e. The van der Waals surface area contributed by atoms with E-state index in [0.717, 1.165) is 0 Å². The molecule has 0 unspecified atom stereocenters. The van der Waals surface area contributed by atoms with Gasteiger partial charge in [0.05, 0.1) is 12.0 Å². The topological polar surface area (TPSA) is 34.1 Å². The zero-order valence-electron chi connectivity index (χ0n) is 8.45. The van der Waals surface area contributed by atoms with Crippen LogP contribution in [0.25, 0.3) is 0 Å². The van der Waals surface area contributed by atoms with Crippen molar-refractivity contribution in [3.05, 3.63) is 35.1 Å². The summed E-state index contributed by atoms with van der Waals surface area (Å²) >= 11 is 0. The molecule has 0 aliphatic rings. The average Bonchev–Trinajstić information content (AvgIpc) is 2.13. The highest BCUT2D eigenvalue weighted by Gasteiger charge is 2.40. The van der Waals surface area contributed by atoms with E-state index in [4.69, 9.17) is 0 Å². The van der Waals surface area contributed by atoms with Crippen LogP contribution >= 0.6 is 0 Å². The van der Waals surface area contributed by atoms with Gasteiger partial charge in [0.15, 0.2) is 5.78 Å². The van der Waals surface area contributed by atoms with Gasteiger partial charge in [0.25, 0.3) is 0 Å². The average molecular weight is 270 g/mol. The van der Waals surface area contributed by atoms with Crippen molar-refractivity contribution in [1.82, 2.24) is 0 Å². The molecule has 1 rings (SSSR count). The minimum absolute atomic E-state index is 0.133. The van der Waals surface area contributed by atoms with Gasteiger partial charge < -0.3 is 0 Å². The number of carbonyl (C=O) groups excluding carboxylic acids is 2. The zero-order valence-corrected chi connectivity index (χ0v) is 8.45. The maximum absolute atomic E-state index is 13.0. The van der Waals surface area contributed by atoms with E-state index in [-0.39, 0.29) is 12.1 Å². The van der Waals surface area contributed by atoms with Gasteiger partial charge in [0.1, 0.15) is 17.5 Å². The molecule has 98 valence electrons. The lowest BCUT2D eigenvalue weighted by Gasteiger charge is -2.06. The van der Waals surface area contributed by atoms with Crippen molar-refractivity contribution in [2.24, 2.45) is 0 Å². The highest BCUT2D eigenvalue weighted by atomic mass is 19.4. The van der Waals surface area contributed by atoms with Crippen LogP contribution in [-0.4, -0.2) is 17.7 Å². The van der Waals surface area contributed by atoms with Crippen molar-refractivity contribution in [2.75, 3.05) is 0 Å². The molecule has 0 aliphatic heterocycles. The van der Waals surface area contributed by atoms with Crippen LogP contribution < -0.4 is 0 Å². The molecule has 0 heterocycles. The Labute approximate surface area is 96.2 Å². The second-order valence-electron chi connectivity index (χ2n) is 3.27. The molecular formula is C10H4F6O2. The van der Waals surface area contributed by atoms with Gasteiger partial charge in [-0.1, -0.05) is 0 Å². The first-order chi connectivity index (χ1) is 8.12.